The van der Waals surface area contributed by atoms with Crippen molar-refractivity contribution in [1.29, 1.82) is 0 Å². The van der Waals surface area contributed by atoms with Crippen LogP contribution in [0, 0.1) is 0 Å². The van der Waals surface area contributed by atoms with Crippen LogP contribution in [-0.2, 0) is 23.7 Å². The van der Waals surface area contributed by atoms with Gasteiger partial charge in [-0.3, -0.25) is 4.79 Å². The van der Waals surface area contributed by atoms with Gasteiger partial charge in [0.05, 0.1) is 32.0 Å². The van der Waals surface area contributed by atoms with E-state index in [2.05, 4.69) is 31.3 Å². The van der Waals surface area contributed by atoms with Crippen LogP contribution in [0.5, 0.6) is 0 Å². The zero-order valence-electron chi connectivity index (χ0n) is 47.6. The second-order valence-corrected chi connectivity index (χ2v) is 22.2. The maximum Gasteiger partial charge on any atom is 0.220 e. The molecule has 0 aromatic heterocycles. The van der Waals surface area contributed by atoms with Crippen LogP contribution in [0.25, 0.3) is 0 Å². The fourth-order valence-corrected chi connectivity index (χ4v) is 10.4. The van der Waals surface area contributed by atoms with E-state index >= 15 is 0 Å². The third-order valence-corrected chi connectivity index (χ3v) is 15.4. The van der Waals surface area contributed by atoms with Crippen LogP contribution < -0.4 is 5.32 Å². The zero-order valence-corrected chi connectivity index (χ0v) is 47.6. The first-order valence-electron chi connectivity index (χ1n) is 31.1. The second kappa shape index (κ2) is 47.3. The summed E-state index contributed by atoms with van der Waals surface area (Å²) in [7, 11) is 0. The normalized spacial score (nSPS) is 25.1. The molecule has 2 fully saturated rings. The summed E-state index contributed by atoms with van der Waals surface area (Å²) in [5, 5.41) is 86.9. The molecule has 0 aliphatic carbocycles. The van der Waals surface area contributed by atoms with Gasteiger partial charge in [0.1, 0.15) is 48.8 Å². The molecule has 12 atom stereocenters. The maximum atomic E-state index is 13.2. The van der Waals surface area contributed by atoms with Gasteiger partial charge < -0.3 is 65.1 Å². The van der Waals surface area contributed by atoms with Crippen molar-refractivity contribution in [2.45, 2.75) is 338 Å². The first-order chi connectivity index (χ1) is 36.6. The summed E-state index contributed by atoms with van der Waals surface area (Å²) in [6.07, 6.45) is 39.7. The Morgan fingerprint density at radius 3 is 1.31 bits per heavy atom. The molecule has 0 aromatic rings. The molecule has 14 nitrogen and oxygen atoms in total. The van der Waals surface area contributed by atoms with Gasteiger partial charge in [0.25, 0.3) is 0 Å². The molecular weight excluding hydrogens is 955 g/mol. The maximum absolute atomic E-state index is 13.2. The smallest absolute Gasteiger partial charge is 0.220 e. The van der Waals surface area contributed by atoms with E-state index in [-0.39, 0.29) is 18.9 Å². The fraction of sp³-hybridized carbons (Fsp3) is 0.918. The van der Waals surface area contributed by atoms with Crippen LogP contribution in [0.3, 0.4) is 0 Å². The summed E-state index contributed by atoms with van der Waals surface area (Å²) in [6.45, 7) is 2.77. The minimum atomic E-state index is -1.79. The van der Waals surface area contributed by atoms with Crippen molar-refractivity contribution in [3.63, 3.8) is 0 Å². The van der Waals surface area contributed by atoms with Crippen LogP contribution in [0.4, 0.5) is 0 Å². The first-order valence-corrected chi connectivity index (χ1v) is 31.1. The molecule has 0 aromatic carbocycles. The number of allylic oxidation sites excluding steroid dienone is 3. The Morgan fingerprint density at radius 1 is 0.467 bits per heavy atom. The lowest BCUT2D eigenvalue weighted by Gasteiger charge is -2.46. The number of hydrogen-bond acceptors (Lipinski definition) is 13. The summed E-state index contributed by atoms with van der Waals surface area (Å²) < 4.78 is 22.7. The number of carbonyl (C=O) groups excluding carboxylic acids is 1. The molecular formula is C61H115NO13. The van der Waals surface area contributed by atoms with Crippen LogP contribution in [0.1, 0.15) is 264 Å². The number of hydrogen-bond donors (Lipinski definition) is 9. The first kappa shape index (κ1) is 69.6. The molecule has 75 heavy (non-hydrogen) atoms. The Morgan fingerprint density at radius 2 is 0.853 bits per heavy atom. The van der Waals surface area contributed by atoms with E-state index in [9.17, 15) is 45.6 Å². The monoisotopic (exact) mass is 1070 g/mol. The second-order valence-electron chi connectivity index (χ2n) is 22.2. The van der Waals surface area contributed by atoms with Crippen LogP contribution in [0.15, 0.2) is 24.3 Å². The van der Waals surface area contributed by atoms with E-state index in [0.717, 1.165) is 32.1 Å². The molecule has 1 amide bonds. The summed E-state index contributed by atoms with van der Waals surface area (Å²) in [4.78, 5) is 13.2. The third-order valence-electron chi connectivity index (χ3n) is 15.4. The standard InChI is InChI=1S/C61H115NO13/c1-3-5-7-9-11-13-15-16-17-18-19-20-21-22-23-24-25-26-27-28-29-30-31-32-33-35-37-39-41-43-45-53(66)62-49(50(65)44-42-40-38-36-34-14-12-10-8-6-4-2)48-72-60-58(71)56(69)59(52(47-64)74-60)75-61-57(70)55(68)54(67)51(46-63)73-61/h34,36,42,44,49-52,54-61,63-65,67-71H,3-33,35,37-41,43,45-48H2,1-2H3,(H,62,66)/b36-34+,44-42+. The molecule has 0 radical (unpaired) electrons. The number of nitrogens with one attached hydrogen (secondary N) is 1. The fourth-order valence-electron chi connectivity index (χ4n) is 10.4. The van der Waals surface area contributed by atoms with Gasteiger partial charge in [0.2, 0.25) is 5.91 Å². The summed E-state index contributed by atoms with van der Waals surface area (Å²) >= 11 is 0. The van der Waals surface area contributed by atoms with Gasteiger partial charge in [-0.2, -0.15) is 0 Å². The van der Waals surface area contributed by atoms with E-state index in [1.54, 1.807) is 6.08 Å². The summed E-state index contributed by atoms with van der Waals surface area (Å²) in [5.74, 6) is -0.246. The Labute approximate surface area is 456 Å². The van der Waals surface area contributed by atoms with Crippen molar-refractivity contribution >= 4 is 5.91 Å². The topological polar surface area (TPSA) is 228 Å². The van der Waals surface area contributed by atoms with Gasteiger partial charge in [-0.25, -0.2) is 0 Å². The van der Waals surface area contributed by atoms with Gasteiger partial charge in [0.15, 0.2) is 12.6 Å². The van der Waals surface area contributed by atoms with Crippen LogP contribution in [0.2, 0.25) is 0 Å². The van der Waals surface area contributed by atoms with Crippen molar-refractivity contribution in [1.82, 2.24) is 5.32 Å². The highest BCUT2D eigenvalue weighted by molar-refractivity contribution is 5.76. The number of ether oxygens (including phenoxy) is 4. The molecule has 2 heterocycles. The lowest BCUT2D eigenvalue weighted by atomic mass is 9.97. The molecule has 2 aliphatic rings. The Bertz CT molecular complexity index is 1350. The number of rotatable bonds is 50. The van der Waals surface area contributed by atoms with Crippen molar-refractivity contribution in [2.24, 2.45) is 0 Å². The van der Waals surface area contributed by atoms with E-state index in [1.165, 1.54) is 199 Å². The third kappa shape index (κ3) is 33.0. The SMILES string of the molecule is CCCCCCC/C=C/CC/C=C/C(O)C(COC1OC(CO)C(OC2OC(CO)C(O)C(O)C2O)C(O)C1O)NC(=O)CCCCCCCCCCCCCCCCCCCCCCCCCCCCCCCC. The number of aliphatic hydroxyl groups excluding tert-OH is 8. The highest BCUT2D eigenvalue weighted by Gasteiger charge is 2.51. The summed E-state index contributed by atoms with van der Waals surface area (Å²) in [6, 6.07) is -0.926. The predicted octanol–water partition coefficient (Wildman–Crippen LogP) is 10.8. The van der Waals surface area contributed by atoms with E-state index in [0.29, 0.717) is 12.8 Å². The molecule has 442 valence electrons. The predicted molar refractivity (Wildman–Crippen MR) is 300 cm³/mol. The van der Waals surface area contributed by atoms with Gasteiger partial charge in [-0.1, -0.05) is 250 Å². The Hall–Kier alpha value is -1.53. The van der Waals surface area contributed by atoms with Crippen LogP contribution in [-0.4, -0.2) is 140 Å². The highest BCUT2D eigenvalue weighted by atomic mass is 16.7. The minimum Gasteiger partial charge on any atom is -0.394 e. The Balaban J connectivity index is 1.63. The molecule has 2 aliphatic heterocycles. The van der Waals surface area contributed by atoms with Gasteiger partial charge in [0, 0.05) is 6.42 Å². The van der Waals surface area contributed by atoms with Gasteiger partial charge in [-0.15, -0.1) is 0 Å². The zero-order chi connectivity index (χ0) is 54.6. The number of amides is 1. The largest absolute Gasteiger partial charge is 0.394 e. The summed E-state index contributed by atoms with van der Waals surface area (Å²) in [5.41, 5.74) is 0. The lowest BCUT2D eigenvalue weighted by molar-refractivity contribution is -0.359. The van der Waals surface area contributed by atoms with Crippen molar-refractivity contribution in [2.75, 3.05) is 19.8 Å². The van der Waals surface area contributed by atoms with Gasteiger partial charge in [-0.05, 0) is 32.1 Å². The quantitative estimate of drug-likeness (QED) is 0.0204. The average Bonchev–Trinajstić information content (AvgIpc) is 3.41. The van der Waals surface area contributed by atoms with E-state index < -0.39 is 86.8 Å². The number of carbonyl (C=O) groups is 1. The van der Waals surface area contributed by atoms with Crippen molar-refractivity contribution in [3.05, 3.63) is 24.3 Å². The highest BCUT2D eigenvalue weighted by Crippen LogP contribution is 2.30. The molecule has 0 saturated carbocycles. The number of aliphatic hydroxyl groups is 8. The van der Waals surface area contributed by atoms with E-state index in [4.69, 9.17) is 18.9 Å². The average molecular weight is 1070 g/mol. The minimum absolute atomic E-state index is 0.246. The molecule has 2 rings (SSSR count). The lowest BCUT2D eigenvalue weighted by Crippen LogP contribution is -2.65. The van der Waals surface area contributed by atoms with E-state index in [1.807, 2.05) is 6.08 Å². The molecule has 0 bridgehead atoms. The van der Waals surface area contributed by atoms with Crippen LogP contribution >= 0.6 is 0 Å². The number of unbranched alkanes of at least 4 members (excludes halogenated alkanes) is 35. The molecule has 14 heteroatoms. The van der Waals surface area contributed by atoms with Gasteiger partial charge >= 0.3 is 0 Å². The molecule has 9 N–H and O–H groups in total. The van der Waals surface area contributed by atoms with Crippen molar-refractivity contribution in [3.8, 4) is 0 Å². The molecule has 2 saturated heterocycles. The molecule has 12 unspecified atom stereocenters. The Kier molecular flexibility index (Phi) is 43.9. The van der Waals surface area contributed by atoms with Crippen molar-refractivity contribution < 1.29 is 64.6 Å². The molecule has 0 spiro atoms.